The lowest BCUT2D eigenvalue weighted by atomic mass is 10.2. The smallest absolute Gasteiger partial charge is 0.337 e. The number of carboxylic acids is 1. The van der Waals surface area contributed by atoms with Crippen molar-refractivity contribution < 1.29 is 9.90 Å². The van der Waals surface area contributed by atoms with E-state index in [1.165, 1.54) is 6.33 Å². The molecular formula is C14H14N4O2. The molecule has 0 spiro atoms. The minimum Gasteiger partial charge on any atom is -0.478 e. The molecule has 0 radical (unpaired) electrons. The molecule has 1 aliphatic rings. The molecule has 0 bridgehead atoms. The lowest BCUT2D eigenvalue weighted by molar-refractivity contribution is 0.0698. The van der Waals surface area contributed by atoms with Crippen LogP contribution < -0.4 is 10.6 Å². The van der Waals surface area contributed by atoms with E-state index in [9.17, 15) is 4.79 Å². The van der Waals surface area contributed by atoms with Crippen LogP contribution in [0.25, 0.3) is 0 Å². The first-order chi connectivity index (χ1) is 9.72. The van der Waals surface area contributed by atoms with Crippen LogP contribution in [0.5, 0.6) is 0 Å². The Morgan fingerprint density at radius 2 is 1.95 bits per heavy atom. The molecule has 6 heteroatoms. The lowest BCUT2D eigenvalue weighted by Gasteiger charge is -2.10. The van der Waals surface area contributed by atoms with Crippen molar-refractivity contribution in [1.82, 2.24) is 9.97 Å². The summed E-state index contributed by atoms with van der Waals surface area (Å²) >= 11 is 0. The monoisotopic (exact) mass is 270 g/mol. The number of nitrogens with one attached hydrogen (secondary N) is 2. The van der Waals surface area contributed by atoms with Gasteiger partial charge in [-0.3, -0.25) is 0 Å². The minimum atomic E-state index is -0.974. The average molecular weight is 270 g/mol. The van der Waals surface area contributed by atoms with Crippen LogP contribution in [0, 0.1) is 0 Å². The van der Waals surface area contributed by atoms with Gasteiger partial charge in [0.15, 0.2) is 0 Å². The van der Waals surface area contributed by atoms with Crippen LogP contribution in [-0.4, -0.2) is 27.1 Å². The number of para-hydroxylation sites is 1. The summed E-state index contributed by atoms with van der Waals surface area (Å²) in [5.74, 6) is 0.341. The number of anilines is 3. The van der Waals surface area contributed by atoms with Crippen LogP contribution >= 0.6 is 0 Å². The Labute approximate surface area is 115 Å². The Kier molecular flexibility index (Phi) is 3.20. The van der Waals surface area contributed by atoms with Crippen LogP contribution in [-0.2, 0) is 0 Å². The first-order valence-corrected chi connectivity index (χ1v) is 6.40. The molecule has 0 saturated heterocycles. The highest BCUT2D eigenvalue weighted by Gasteiger charge is 2.21. The molecule has 102 valence electrons. The largest absolute Gasteiger partial charge is 0.478 e. The second-order valence-electron chi connectivity index (χ2n) is 4.68. The Morgan fingerprint density at radius 3 is 2.70 bits per heavy atom. The van der Waals surface area contributed by atoms with Crippen LogP contribution in [0.4, 0.5) is 17.3 Å². The molecule has 1 aliphatic carbocycles. The summed E-state index contributed by atoms with van der Waals surface area (Å²) in [5, 5.41) is 15.4. The summed E-state index contributed by atoms with van der Waals surface area (Å²) in [6, 6.07) is 9.00. The number of rotatable bonds is 5. The zero-order chi connectivity index (χ0) is 13.9. The Bertz CT molecular complexity index is 641. The molecule has 1 aromatic heterocycles. The third-order valence-electron chi connectivity index (χ3n) is 3.02. The molecule has 1 aromatic carbocycles. The molecule has 0 amide bonds. The van der Waals surface area contributed by atoms with Gasteiger partial charge in [0.2, 0.25) is 0 Å². The predicted molar refractivity (Wildman–Crippen MR) is 75.4 cm³/mol. The van der Waals surface area contributed by atoms with Crippen LogP contribution in [0.2, 0.25) is 0 Å². The van der Waals surface area contributed by atoms with Gasteiger partial charge >= 0.3 is 5.97 Å². The predicted octanol–water partition coefficient (Wildman–Crippen LogP) is 2.49. The average Bonchev–Trinajstić information content (AvgIpc) is 3.23. The maximum Gasteiger partial charge on any atom is 0.337 e. The van der Waals surface area contributed by atoms with Gasteiger partial charge in [0.25, 0.3) is 0 Å². The zero-order valence-corrected chi connectivity index (χ0v) is 10.7. The number of carboxylic acid groups (broad SMARTS) is 1. The molecule has 1 saturated carbocycles. The Morgan fingerprint density at radius 1 is 1.20 bits per heavy atom. The van der Waals surface area contributed by atoms with Gasteiger partial charge in [-0.15, -0.1) is 0 Å². The molecular weight excluding hydrogens is 256 g/mol. The molecule has 3 rings (SSSR count). The first kappa shape index (κ1) is 12.4. The molecule has 0 unspecified atom stereocenters. The summed E-state index contributed by atoms with van der Waals surface area (Å²) in [6.45, 7) is 0. The Balaban J connectivity index is 1.81. The Hall–Kier alpha value is -2.63. The topological polar surface area (TPSA) is 87.1 Å². The van der Waals surface area contributed by atoms with E-state index in [1.54, 1.807) is 30.3 Å². The van der Waals surface area contributed by atoms with Crippen molar-refractivity contribution >= 4 is 23.3 Å². The summed E-state index contributed by atoms with van der Waals surface area (Å²) < 4.78 is 0. The number of aromatic nitrogens is 2. The van der Waals surface area contributed by atoms with Crippen molar-refractivity contribution in [2.75, 3.05) is 10.6 Å². The van der Waals surface area contributed by atoms with E-state index >= 15 is 0 Å². The molecule has 20 heavy (non-hydrogen) atoms. The third kappa shape index (κ3) is 2.85. The van der Waals surface area contributed by atoms with E-state index in [0.717, 1.165) is 18.7 Å². The number of aromatic carboxylic acids is 1. The normalized spacial score (nSPS) is 13.8. The standard InChI is InChI=1S/C14H14N4O2/c19-14(20)10-3-1-2-4-11(10)18-13-7-12(15-8-16-13)17-9-5-6-9/h1-4,7-9H,5-6H2,(H,19,20)(H2,15,16,17,18). The second kappa shape index (κ2) is 5.16. The fourth-order valence-electron chi connectivity index (χ4n) is 1.86. The number of hydrogen-bond donors (Lipinski definition) is 3. The molecule has 0 atom stereocenters. The van der Waals surface area contributed by atoms with Gasteiger partial charge in [-0.1, -0.05) is 12.1 Å². The minimum absolute atomic E-state index is 0.211. The molecule has 2 aromatic rings. The second-order valence-corrected chi connectivity index (χ2v) is 4.68. The molecule has 0 aliphatic heterocycles. The number of nitrogens with zero attached hydrogens (tertiary/aromatic N) is 2. The van der Waals surface area contributed by atoms with Crippen LogP contribution in [0.15, 0.2) is 36.7 Å². The zero-order valence-electron chi connectivity index (χ0n) is 10.7. The van der Waals surface area contributed by atoms with Crippen molar-refractivity contribution in [2.24, 2.45) is 0 Å². The van der Waals surface area contributed by atoms with Crippen molar-refractivity contribution in [2.45, 2.75) is 18.9 Å². The van der Waals surface area contributed by atoms with Gasteiger partial charge in [0.1, 0.15) is 18.0 Å². The number of hydrogen-bond acceptors (Lipinski definition) is 5. The van der Waals surface area contributed by atoms with Gasteiger partial charge in [0.05, 0.1) is 11.3 Å². The van der Waals surface area contributed by atoms with Gasteiger partial charge < -0.3 is 15.7 Å². The van der Waals surface area contributed by atoms with E-state index in [1.807, 2.05) is 0 Å². The molecule has 1 heterocycles. The SMILES string of the molecule is O=C(O)c1ccccc1Nc1cc(NC2CC2)ncn1. The van der Waals surface area contributed by atoms with E-state index in [-0.39, 0.29) is 5.56 Å². The molecule has 3 N–H and O–H groups in total. The summed E-state index contributed by atoms with van der Waals surface area (Å²) in [7, 11) is 0. The fourth-order valence-corrected chi connectivity index (χ4v) is 1.86. The number of carbonyl (C=O) groups is 1. The highest BCUT2D eigenvalue weighted by molar-refractivity contribution is 5.95. The van der Waals surface area contributed by atoms with E-state index in [4.69, 9.17) is 5.11 Å². The van der Waals surface area contributed by atoms with Crippen molar-refractivity contribution in [1.29, 1.82) is 0 Å². The quantitative estimate of drug-likeness (QED) is 0.773. The van der Waals surface area contributed by atoms with E-state index in [2.05, 4.69) is 20.6 Å². The number of benzene rings is 1. The van der Waals surface area contributed by atoms with Crippen LogP contribution in [0.3, 0.4) is 0 Å². The van der Waals surface area contributed by atoms with Crippen molar-refractivity contribution in [3.8, 4) is 0 Å². The van der Waals surface area contributed by atoms with Gasteiger partial charge in [-0.05, 0) is 25.0 Å². The summed E-state index contributed by atoms with van der Waals surface area (Å²) in [4.78, 5) is 19.4. The maximum atomic E-state index is 11.1. The summed E-state index contributed by atoms with van der Waals surface area (Å²) in [6.07, 6.45) is 3.78. The highest BCUT2D eigenvalue weighted by Crippen LogP contribution is 2.25. The van der Waals surface area contributed by atoms with E-state index < -0.39 is 5.97 Å². The highest BCUT2D eigenvalue weighted by atomic mass is 16.4. The maximum absolute atomic E-state index is 11.1. The lowest BCUT2D eigenvalue weighted by Crippen LogP contribution is -2.06. The van der Waals surface area contributed by atoms with Crippen LogP contribution in [0.1, 0.15) is 23.2 Å². The molecule has 1 fully saturated rings. The third-order valence-corrected chi connectivity index (χ3v) is 3.02. The van der Waals surface area contributed by atoms with Gasteiger partial charge in [0, 0.05) is 12.1 Å². The van der Waals surface area contributed by atoms with Crippen molar-refractivity contribution in [3.63, 3.8) is 0 Å². The first-order valence-electron chi connectivity index (χ1n) is 6.40. The van der Waals surface area contributed by atoms with Gasteiger partial charge in [-0.2, -0.15) is 0 Å². The van der Waals surface area contributed by atoms with E-state index in [0.29, 0.717) is 17.5 Å². The summed E-state index contributed by atoms with van der Waals surface area (Å²) in [5.41, 5.74) is 0.721. The van der Waals surface area contributed by atoms with Gasteiger partial charge in [-0.25, -0.2) is 14.8 Å². The van der Waals surface area contributed by atoms with Crippen molar-refractivity contribution in [3.05, 3.63) is 42.2 Å². The fraction of sp³-hybridized carbons (Fsp3) is 0.214. The molecule has 6 nitrogen and oxygen atoms in total.